The predicted octanol–water partition coefficient (Wildman–Crippen LogP) is 3.00. The highest BCUT2D eigenvalue weighted by Gasteiger charge is 2.16. The monoisotopic (exact) mass is 335 g/mol. The van der Waals surface area contributed by atoms with Crippen LogP contribution in [0.5, 0.6) is 5.75 Å². The van der Waals surface area contributed by atoms with Crippen LogP contribution in [0, 0.1) is 5.92 Å². The lowest BCUT2D eigenvalue weighted by Crippen LogP contribution is -2.31. The second-order valence-electron chi connectivity index (χ2n) is 5.90. The fourth-order valence-corrected chi connectivity index (χ4v) is 2.80. The van der Waals surface area contributed by atoms with Gasteiger partial charge in [0.15, 0.2) is 0 Å². The number of nitrogens with two attached hydrogens (primary N) is 1. The van der Waals surface area contributed by atoms with Gasteiger partial charge in [-0.3, -0.25) is 4.79 Å². The van der Waals surface area contributed by atoms with E-state index in [-0.39, 0.29) is 11.8 Å². The zero-order chi connectivity index (χ0) is 17.6. The molecular weight excluding hydrogens is 314 g/mol. The molecule has 0 aliphatic rings. The molecule has 0 radical (unpaired) electrons. The van der Waals surface area contributed by atoms with E-state index >= 15 is 0 Å². The Kier molecular flexibility index (Phi) is 5.14. The molecule has 1 amide bonds. The number of aromatic nitrogens is 1. The summed E-state index contributed by atoms with van der Waals surface area (Å²) in [6.45, 7) is 0.415. The average molecular weight is 335 g/mol. The molecule has 5 heteroatoms. The molecule has 25 heavy (non-hydrogen) atoms. The van der Waals surface area contributed by atoms with Gasteiger partial charge in [-0.1, -0.05) is 42.5 Å². The summed E-state index contributed by atoms with van der Waals surface area (Å²) in [5, 5.41) is 4.17. The number of para-hydroxylation sites is 1. The Balaban J connectivity index is 1.76. The average Bonchev–Trinajstić information content (AvgIpc) is 2.65. The molecule has 0 aliphatic heterocycles. The first-order valence-electron chi connectivity index (χ1n) is 8.18. The maximum atomic E-state index is 11.8. The SMILES string of the molecule is COc1cc(NCC(Cc2ccccc2)C(N)=O)nc2ccccc12. The van der Waals surface area contributed by atoms with E-state index in [1.54, 1.807) is 7.11 Å². The van der Waals surface area contributed by atoms with E-state index < -0.39 is 0 Å². The van der Waals surface area contributed by atoms with Crippen LogP contribution in [0.4, 0.5) is 5.82 Å². The number of benzene rings is 2. The molecule has 128 valence electrons. The van der Waals surface area contributed by atoms with Crippen LogP contribution in [0.2, 0.25) is 0 Å². The van der Waals surface area contributed by atoms with Crippen molar-refractivity contribution in [1.82, 2.24) is 4.98 Å². The zero-order valence-corrected chi connectivity index (χ0v) is 14.1. The van der Waals surface area contributed by atoms with Crippen LogP contribution >= 0.6 is 0 Å². The van der Waals surface area contributed by atoms with Gasteiger partial charge >= 0.3 is 0 Å². The second kappa shape index (κ2) is 7.66. The van der Waals surface area contributed by atoms with Crippen LogP contribution in [-0.2, 0) is 11.2 Å². The van der Waals surface area contributed by atoms with Crippen LogP contribution in [0.15, 0.2) is 60.7 Å². The van der Waals surface area contributed by atoms with Crippen molar-refractivity contribution in [2.75, 3.05) is 19.0 Å². The number of ether oxygens (including phenoxy) is 1. The third-order valence-corrected chi connectivity index (χ3v) is 4.16. The highest BCUT2D eigenvalue weighted by atomic mass is 16.5. The van der Waals surface area contributed by atoms with Crippen LogP contribution in [0.25, 0.3) is 10.9 Å². The predicted molar refractivity (Wildman–Crippen MR) is 99.6 cm³/mol. The molecule has 1 aromatic heterocycles. The van der Waals surface area contributed by atoms with Crippen molar-refractivity contribution in [2.45, 2.75) is 6.42 Å². The Morgan fingerprint density at radius 3 is 2.60 bits per heavy atom. The van der Waals surface area contributed by atoms with E-state index in [0.717, 1.165) is 22.2 Å². The van der Waals surface area contributed by atoms with Crippen molar-refractivity contribution >= 4 is 22.6 Å². The normalized spacial score (nSPS) is 11.9. The number of rotatable bonds is 7. The van der Waals surface area contributed by atoms with Crippen LogP contribution in [0.3, 0.4) is 0 Å². The van der Waals surface area contributed by atoms with E-state index in [1.165, 1.54) is 0 Å². The lowest BCUT2D eigenvalue weighted by atomic mass is 9.98. The Hall–Kier alpha value is -3.08. The summed E-state index contributed by atoms with van der Waals surface area (Å²) in [5.41, 5.74) is 7.49. The van der Waals surface area contributed by atoms with Gasteiger partial charge in [-0.05, 0) is 24.1 Å². The van der Waals surface area contributed by atoms with Gasteiger partial charge in [-0.25, -0.2) is 4.98 Å². The molecule has 1 atom stereocenters. The van der Waals surface area contributed by atoms with Crippen LogP contribution in [0.1, 0.15) is 5.56 Å². The number of nitrogens with one attached hydrogen (secondary N) is 1. The smallest absolute Gasteiger partial charge is 0.222 e. The fourth-order valence-electron chi connectivity index (χ4n) is 2.80. The third-order valence-electron chi connectivity index (χ3n) is 4.16. The maximum absolute atomic E-state index is 11.8. The summed E-state index contributed by atoms with van der Waals surface area (Å²) in [5.74, 6) is 0.757. The lowest BCUT2D eigenvalue weighted by Gasteiger charge is -2.16. The fraction of sp³-hybridized carbons (Fsp3) is 0.200. The van der Waals surface area contributed by atoms with Gasteiger partial charge in [0, 0.05) is 18.0 Å². The number of methoxy groups -OCH3 is 1. The molecule has 1 unspecified atom stereocenters. The number of nitrogens with zero attached hydrogens (tertiary/aromatic N) is 1. The molecule has 2 aromatic carbocycles. The van der Waals surface area contributed by atoms with Crippen LogP contribution in [-0.4, -0.2) is 24.5 Å². The number of primary amides is 1. The zero-order valence-electron chi connectivity index (χ0n) is 14.1. The van der Waals surface area contributed by atoms with Crippen molar-refractivity contribution < 1.29 is 9.53 Å². The summed E-state index contributed by atoms with van der Waals surface area (Å²) in [4.78, 5) is 16.4. The van der Waals surface area contributed by atoms with Crippen molar-refractivity contribution in [2.24, 2.45) is 11.7 Å². The number of fused-ring (bicyclic) bond motifs is 1. The number of anilines is 1. The largest absolute Gasteiger partial charge is 0.496 e. The first kappa shape index (κ1) is 16.8. The molecule has 0 bridgehead atoms. The summed E-state index contributed by atoms with van der Waals surface area (Å²) in [7, 11) is 1.63. The van der Waals surface area contributed by atoms with Gasteiger partial charge in [0.05, 0.1) is 18.5 Å². The number of carbonyl (C=O) groups is 1. The highest BCUT2D eigenvalue weighted by molar-refractivity contribution is 5.87. The summed E-state index contributed by atoms with van der Waals surface area (Å²) >= 11 is 0. The maximum Gasteiger partial charge on any atom is 0.222 e. The number of amides is 1. The standard InChI is InChI=1S/C20H21N3O2/c1-25-18-12-19(23-17-10-6-5-9-16(17)18)22-13-15(20(21)24)11-14-7-3-2-4-8-14/h2-10,12,15H,11,13H2,1H3,(H2,21,24)(H,22,23). The molecule has 0 spiro atoms. The number of hydrogen-bond donors (Lipinski definition) is 2. The van der Waals surface area contributed by atoms with Crippen molar-refractivity contribution in [3.05, 3.63) is 66.2 Å². The summed E-state index contributed by atoms with van der Waals surface area (Å²) < 4.78 is 5.45. The van der Waals surface area contributed by atoms with Crippen molar-refractivity contribution in [3.63, 3.8) is 0 Å². The number of carbonyl (C=O) groups excluding carboxylic acids is 1. The van der Waals surface area contributed by atoms with Gasteiger partial charge in [0.25, 0.3) is 0 Å². The minimum Gasteiger partial charge on any atom is -0.496 e. The van der Waals surface area contributed by atoms with Gasteiger partial charge < -0.3 is 15.8 Å². The Morgan fingerprint density at radius 2 is 1.88 bits per heavy atom. The van der Waals surface area contributed by atoms with Crippen LogP contribution < -0.4 is 15.8 Å². The van der Waals surface area contributed by atoms with Gasteiger partial charge in [-0.15, -0.1) is 0 Å². The Bertz CT molecular complexity index is 865. The third kappa shape index (κ3) is 4.07. The Morgan fingerprint density at radius 1 is 1.16 bits per heavy atom. The number of pyridine rings is 1. The summed E-state index contributed by atoms with van der Waals surface area (Å²) in [6.07, 6.45) is 0.591. The minimum atomic E-state index is -0.330. The first-order chi connectivity index (χ1) is 12.2. The molecule has 5 nitrogen and oxygen atoms in total. The Labute approximate surface area is 146 Å². The molecule has 0 saturated carbocycles. The molecule has 0 aliphatic carbocycles. The number of hydrogen-bond acceptors (Lipinski definition) is 4. The van der Waals surface area contributed by atoms with E-state index in [2.05, 4.69) is 10.3 Å². The first-order valence-corrected chi connectivity index (χ1v) is 8.18. The van der Waals surface area contributed by atoms with Gasteiger partial charge in [0.2, 0.25) is 5.91 Å². The molecule has 3 rings (SSSR count). The van der Waals surface area contributed by atoms with E-state index in [9.17, 15) is 4.79 Å². The molecule has 1 heterocycles. The minimum absolute atomic E-state index is 0.318. The lowest BCUT2D eigenvalue weighted by molar-refractivity contribution is -0.121. The van der Waals surface area contributed by atoms with E-state index in [1.807, 2.05) is 60.7 Å². The quantitative estimate of drug-likeness (QED) is 0.696. The molecule has 3 aromatic rings. The van der Waals surface area contributed by atoms with E-state index in [4.69, 9.17) is 10.5 Å². The molecule has 3 N–H and O–H groups in total. The van der Waals surface area contributed by atoms with Crippen molar-refractivity contribution in [1.29, 1.82) is 0 Å². The van der Waals surface area contributed by atoms with Crippen molar-refractivity contribution in [3.8, 4) is 5.75 Å². The molecular formula is C20H21N3O2. The molecule has 0 fully saturated rings. The van der Waals surface area contributed by atoms with Gasteiger partial charge in [0.1, 0.15) is 11.6 Å². The van der Waals surface area contributed by atoms with Gasteiger partial charge in [-0.2, -0.15) is 0 Å². The van der Waals surface area contributed by atoms with E-state index in [0.29, 0.717) is 18.8 Å². The topological polar surface area (TPSA) is 77.2 Å². The molecule has 0 saturated heterocycles. The highest BCUT2D eigenvalue weighted by Crippen LogP contribution is 2.27. The second-order valence-corrected chi connectivity index (χ2v) is 5.90. The summed E-state index contributed by atoms with van der Waals surface area (Å²) in [6, 6.07) is 19.5.